The summed E-state index contributed by atoms with van der Waals surface area (Å²) < 4.78 is 69.5. The molecule has 0 fully saturated rings. The van der Waals surface area contributed by atoms with E-state index >= 15 is 0 Å². The Hall–Kier alpha value is -4.28. The minimum Gasteiger partial charge on any atom is -0.356 e. The number of H-pyrrole nitrogens is 1. The van der Waals surface area contributed by atoms with Crippen LogP contribution >= 0.6 is 0 Å². The highest BCUT2D eigenvalue weighted by atomic mass is 19.4. The summed E-state index contributed by atoms with van der Waals surface area (Å²) in [7, 11) is 0. The molecule has 34 heavy (non-hydrogen) atoms. The number of hydrogen-bond acceptors (Lipinski definition) is 3. The molecule has 0 radical (unpaired) electrons. The number of benzene rings is 1. The van der Waals surface area contributed by atoms with Crippen LogP contribution in [-0.2, 0) is 12.7 Å². The first-order chi connectivity index (χ1) is 16.1. The van der Waals surface area contributed by atoms with Gasteiger partial charge in [0, 0.05) is 35.7 Å². The minimum absolute atomic E-state index is 0.0331. The Morgan fingerprint density at radius 2 is 1.79 bits per heavy atom. The van der Waals surface area contributed by atoms with Crippen LogP contribution in [0.1, 0.15) is 27.2 Å². The first kappa shape index (κ1) is 21.6. The van der Waals surface area contributed by atoms with E-state index in [1.165, 1.54) is 39.8 Å². The molecule has 0 saturated carbocycles. The fourth-order valence-corrected chi connectivity index (χ4v) is 3.78. The number of nitrogens with one attached hydrogen (secondary N) is 1. The Balaban J connectivity index is 1.50. The van der Waals surface area contributed by atoms with Crippen molar-refractivity contribution in [3.63, 3.8) is 0 Å². The SMILES string of the molecule is O=C(c1c(F)cccc1F)c1c[nH]c2c(=O)n(Cc3cn4ccc(C(F)(F)F)cc4n3)ccc12. The van der Waals surface area contributed by atoms with E-state index in [0.29, 0.717) is 5.69 Å². The summed E-state index contributed by atoms with van der Waals surface area (Å²) in [6.07, 6.45) is 0.790. The first-order valence-electron chi connectivity index (χ1n) is 9.87. The van der Waals surface area contributed by atoms with Gasteiger partial charge in [-0.15, -0.1) is 0 Å². The summed E-state index contributed by atoms with van der Waals surface area (Å²) in [5.74, 6) is -2.96. The standard InChI is InChI=1S/C23H13F5N4O2/c24-16-2-1-3-17(25)19(16)21(33)15-9-29-20-14(15)5-7-32(22(20)34)11-13-10-31-6-4-12(23(26,27)28)8-18(31)30-13/h1-10,29H,11H2. The van der Waals surface area contributed by atoms with E-state index < -0.39 is 40.3 Å². The third-order valence-corrected chi connectivity index (χ3v) is 5.42. The van der Waals surface area contributed by atoms with Crippen molar-refractivity contribution in [3.8, 4) is 0 Å². The molecule has 172 valence electrons. The highest BCUT2D eigenvalue weighted by Crippen LogP contribution is 2.29. The molecule has 1 aromatic carbocycles. The Bertz CT molecular complexity index is 1620. The van der Waals surface area contributed by atoms with Gasteiger partial charge in [0.05, 0.1) is 23.4 Å². The van der Waals surface area contributed by atoms with Gasteiger partial charge in [-0.05, 0) is 30.3 Å². The van der Waals surface area contributed by atoms with Crippen LogP contribution in [0.15, 0.2) is 66.0 Å². The van der Waals surface area contributed by atoms with E-state index in [4.69, 9.17) is 0 Å². The van der Waals surface area contributed by atoms with E-state index in [0.717, 1.165) is 30.3 Å². The zero-order chi connectivity index (χ0) is 24.2. The van der Waals surface area contributed by atoms with E-state index in [-0.39, 0.29) is 28.7 Å². The molecule has 0 aliphatic carbocycles. The average Bonchev–Trinajstić information content (AvgIpc) is 3.38. The van der Waals surface area contributed by atoms with Crippen molar-refractivity contribution in [2.75, 3.05) is 0 Å². The highest BCUT2D eigenvalue weighted by Gasteiger charge is 2.30. The number of carbonyl (C=O) groups excluding carboxylic acids is 1. The summed E-state index contributed by atoms with van der Waals surface area (Å²) in [4.78, 5) is 32.5. The van der Waals surface area contributed by atoms with Crippen molar-refractivity contribution in [2.24, 2.45) is 0 Å². The van der Waals surface area contributed by atoms with Crippen LogP contribution < -0.4 is 5.56 Å². The molecule has 0 aliphatic heterocycles. The quantitative estimate of drug-likeness (QED) is 0.308. The fourth-order valence-electron chi connectivity index (χ4n) is 3.78. The van der Waals surface area contributed by atoms with Crippen LogP contribution in [0.5, 0.6) is 0 Å². The number of pyridine rings is 2. The summed E-state index contributed by atoms with van der Waals surface area (Å²) in [5, 5.41) is 0.179. The van der Waals surface area contributed by atoms with Crippen molar-refractivity contribution >= 4 is 22.3 Å². The number of carbonyl (C=O) groups is 1. The van der Waals surface area contributed by atoms with Crippen LogP contribution in [0.3, 0.4) is 0 Å². The van der Waals surface area contributed by atoms with Gasteiger partial charge in [0.25, 0.3) is 5.56 Å². The van der Waals surface area contributed by atoms with Crippen LogP contribution in [-0.4, -0.2) is 24.7 Å². The second-order valence-corrected chi connectivity index (χ2v) is 7.58. The predicted molar refractivity (Wildman–Crippen MR) is 112 cm³/mol. The lowest BCUT2D eigenvalue weighted by atomic mass is 10.0. The largest absolute Gasteiger partial charge is 0.416 e. The molecular formula is C23H13F5N4O2. The number of imidazole rings is 1. The molecule has 6 nitrogen and oxygen atoms in total. The van der Waals surface area contributed by atoms with Crippen LogP contribution in [0.4, 0.5) is 22.0 Å². The summed E-state index contributed by atoms with van der Waals surface area (Å²) in [5.41, 5.74) is -1.75. The predicted octanol–water partition coefficient (Wildman–Crippen LogP) is 4.55. The molecule has 0 unspecified atom stereocenters. The lowest BCUT2D eigenvalue weighted by molar-refractivity contribution is -0.137. The third kappa shape index (κ3) is 3.54. The average molecular weight is 472 g/mol. The molecule has 0 saturated heterocycles. The Kier molecular flexibility index (Phi) is 4.85. The van der Waals surface area contributed by atoms with Gasteiger partial charge < -0.3 is 14.0 Å². The van der Waals surface area contributed by atoms with Gasteiger partial charge in [-0.1, -0.05) is 6.07 Å². The number of nitrogens with zero attached hydrogens (tertiary/aromatic N) is 3. The Morgan fingerprint density at radius 3 is 2.50 bits per heavy atom. The molecule has 4 heterocycles. The lowest BCUT2D eigenvalue weighted by Gasteiger charge is -2.05. The molecule has 4 aromatic heterocycles. The molecule has 0 aliphatic rings. The maximum atomic E-state index is 14.0. The number of halogens is 5. The highest BCUT2D eigenvalue weighted by molar-refractivity contribution is 6.16. The van der Waals surface area contributed by atoms with Gasteiger partial charge in [0.2, 0.25) is 5.78 Å². The van der Waals surface area contributed by atoms with E-state index in [1.54, 1.807) is 0 Å². The molecule has 0 spiro atoms. The number of hydrogen-bond donors (Lipinski definition) is 1. The molecule has 5 aromatic rings. The van der Waals surface area contributed by atoms with Crippen molar-refractivity contribution in [1.29, 1.82) is 0 Å². The van der Waals surface area contributed by atoms with Crippen LogP contribution in [0.25, 0.3) is 16.6 Å². The minimum atomic E-state index is -4.51. The zero-order valence-corrected chi connectivity index (χ0v) is 17.0. The van der Waals surface area contributed by atoms with Gasteiger partial charge in [0.1, 0.15) is 22.8 Å². The maximum Gasteiger partial charge on any atom is 0.416 e. The maximum absolute atomic E-state index is 14.0. The number of fused-ring (bicyclic) bond motifs is 2. The first-order valence-corrected chi connectivity index (χ1v) is 9.87. The Labute approximate surface area is 186 Å². The van der Waals surface area contributed by atoms with Gasteiger partial charge >= 0.3 is 6.18 Å². The Morgan fingerprint density at radius 1 is 1.06 bits per heavy atom. The summed E-state index contributed by atoms with van der Waals surface area (Å²) >= 11 is 0. The van der Waals surface area contributed by atoms with Gasteiger partial charge in [-0.2, -0.15) is 13.2 Å². The second-order valence-electron chi connectivity index (χ2n) is 7.58. The van der Waals surface area contributed by atoms with E-state index in [2.05, 4.69) is 9.97 Å². The third-order valence-electron chi connectivity index (χ3n) is 5.42. The molecule has 0 bridgehead atoms. The second kappa shape index (κ2) is 7.65. The molecule has 0 atom stereocenters. The van der Waals surface area contributed by atoms with E-state index in [9.17, 15) is 31.5 Å². The van der Waals surface area contributed by atoms with Gasteiger partial charge in [-0.3, -0.25) is 9.59 Å². The van der Waals surface area contributed by atoms with Crippen molar-refractivity contribution in [1.82, 2.24) is 18.9 Å². The zero-order valence-electron chi connectivity index (χ0n) is 17.0. The van der Waals surface area contributed by atoms with Crippen molar-refractivity contribution < 1.29 is 26.7 Å². The molecule has 1 N–H and O–H groups in total. The molecule has 5 rings (SSSR count). The topological polar surface area (TPSA) is 72.2 Å². The summed E-state index contributed by atoms with van der Waals surface area (Å²) in [6.45, 7) is -0.0535. The van der Waals surface area contributed by atoms with Crippen LogP contribution in [0, 0.1) is 11.6 Å². The number of ketones is 1. The van der Waals surface area contributed by atoms with Gasteiger partial charge in [0.15, 0.2) is 0 Å². The summed E-state index contributed by atoms with van der Waals surface area (Å²) in [6, 6.07) is 6.33. The van der Waals surface area contributed by atoms with Crippen molar-refractivity contribution in [3.05, 3.63) is 106 Å². The fraction of sp³-hybridized carbons (Fsp3) is 0.0870. The lowest BCUT2D eigenvalue weighted by Crippen LogP contribution is -2.20. The number of aromatic nitrogens is 4. The molecule has 11 heteroatoms. The molecule has 0 amide bonds. The van der Waals surface area contributed by atoms with Crippen molar-refractivity contribution in [2.45, 2.75) is 12.7 Å². The smallest absolute Gasteiger partial charge is 0.356 e. The normalized spacial score (nSPS) is 12.0. The number of rotatable bonds is 4. The number of alkyl halides is 3. The van der Waals surface area contributed by atoms with Crippen LogP contribution in [0.2, 0.25) is 0 Å². The van der Waals surface area contributed by atoms with E-state index in [1.807, 2.05) is 0 Å². The van der Waals surface area contributed by atoms with Gasteiger partial charge in [-0.25, -0.2) is 13.8 Å². The molecular weight excluding hydrogens is 459 g/mol. The monoisotopic (exact) mass is 472 g/mol. The number of aromatic amines is 1.